The molecule has 1 radical (unpaired) electrons. The number of hydrogen-bond acceptors (Lipinski definition) is 5. The fraction of sp³-hybridized carbons (Fsp3) is 0. The summed E-state index contributed by atoms with van der Waals surface area (Å²) in [6.07, 6.45) is 1.56. The van der Waals surface area contributed by atoms with Crippen LogP contribution in [0.5, 0.6) is 0 Å². The van der Waals surface area contributed by atoms with Crippen molar-refractivity contribution < 1.29 is 10.0 Å². The van der Waals surface area contributed by atoms with Crippen molar-refractivity contribution in [3.8, 4) is 5.69 Å². The van der Waals surface area contributed by atoms with Crippen molar-refractivity contribution in [3.05, 3.63) is 36.7 Å². The second kappa shape index (κ2) is 5.84. The molecule has 1 aromatic carbocycles. The lowest BCUT2D eigenvalue weighted by Crippen LogP contribution is -1.93. The summed E-state index contributed by atoms with van der Waals surface area (Å²) in [6.45, 7) is 0. The van der Waals surface area contributed by atoms with Gasteiger partial charge in [0.05, 0.1) is 5.69 Å². The Morgan fingerprint density at radius 1 is 1.14 bits per heavy atom. The highest BCUT2D eigenvalue weighted by molar-refractivity contribution is 6.13. The van der Waals surface area contributed by atoms with E-state index in [9.17, 15) is 0 Å². The first-order valence-corrected chi connectivity index (χ1v) is 3.77. The SMILES string of the molecule is O[B]O.c1ccc(-n2cnnn2)cc1. The topological polar surface area (TPSA) is 84.1 Å². The zero-order valence-corrected chi connectivity index (χ0v) is 7.22. The van der Waals surface area contributed by atoms with Crippen LogP contribution >= 0.6 is 0 Å². The van der Waals surface area contributed by atoms with E-state index in [1.807, 2.05) is 30.3 Å². The van der Waals surface area contributed by atoms with Gasteiger partial charge < -0.3 is 10.0 Å². The molecule has 1 aromatic heterocycles. The van der Waals surface area contributed by atoms with Crippen molar-refractivity contribution in [2.24, 2.45) is 0 Å². The summed E-state index contributed by atoms with van der Waals surface area (Å²) in [6, 6.07) is 9.72. The Morgan fingerprint density at radius 2 is 1.79 bits per heavy atom. The quantitative estimate of drug-likeness (QED) is 0.574. The Labute approximate surface area is 81.1 Å². The first-order valence-electron chi connectivity index (χ1n) is 3.77. The van der Waals surface area contributed by atoms with Crippen molar-refractivity contribution in [3.63, 3.8) is 0 Å². The molecule has 1 heterocycles. The second-order valence-electron chi connectivity index (χ2n) is 2.21. The highest BCUT2D eigenvalue weighted by Gasteiger charge is 1.92. The molecule has 0 spiro atoms. The molecule has 6 nitrogen and oxygen atoms in total. The minimum absolute atomic E-state index is 0. The first-order chi connectivity index (χ1) is 6.88. The lowest BCUT2D eigenvalue weighted by atomic mass is 10.3. The van der Waals surface area contributed by atoms with Gasteiger partial charge in [0.15, 0.2) is 0 Å². The number of hydrogen-bond donors (Lipinski definition) is 2. The Balaban J connectivity index is 0.000000293. The molecule has 2 rings (SSSR count). The van der Waals surface area contributed by atoms with Gasteiger partial charge in [0.2, 0.25) is 0 Å². The molecular weight excluding hydrogens is 183 g/mol. The molecule has 0 unspecified atom stereocenters. The number of aromatic nitrogens is 4. The van der Waals surface area contributed by atoms with E-state index in [1.165, 1.54) is 0 Å². The van der Waals surface area contributed by atoms with Crippen molar-refractivity contribution >= 4 is 7.69 Å². The third-order valence-corrected chi connectivity index (χ3v) is 1.37. The standard InChI is InChI=1S/C7H6N4.BH2O2/c1-2-4-7(5-3-1)11-6-8-9-10-11;2-1-3/h1-6H;2-3H. The molecule has 0 amide bonds. The van der Waals surface area contributed by atoms with E-state index < -0.39 is 0 Å². The average Bonchev–Trinajstić information content (AvgIpc) is 2.73. The summed E-state index contributed by atoms with van der Waals surface area (Å²) in [5, 5.41) is 24.8. The van der Waals surface area contributed by atoms with Gasteiger partial charge in [-0.05, 0) is 22.6 Å². The van der Waals surface area contributed by atoms with Crippen molar-refractivity contribution in [1.82, 2.24) is 20.2 Å². The molecule has 7 heteroatoms. The van der Waals surface area contributed by atoms with Crippen LogP contribution in [0, 0.1) is 0 Å². The molecule has 71 valence electrons. The van der Waals surface area contributed by atoms with Gasteiger partial charge >= 0.3 is 7.69 Å². The smallest absolute Gasteiger partial charge is 0.429 e. The molecule has 2 N–H and O–H groups in total. The molecule has 0 fully saturated rings. The summed E-state index contributed by atoms with van der Waals surface area (Å²) < 4.78 is 1.61. The van der Waals surface area contributed by atoms with Crippen LogP contribution in [0.2, 0.25) is 0 Å². The van der Waals surface area contributed by atoms with E-state index >= 15 is 0 Å². The summed E-state index contributed by atoms with van der Waals surface area (Å²) in [5.41, 5.74) is 0.970. The molecule has 0 atom stereocenters. The number of para-hydroxylation sites is 1. The van der Waals surface area contributed by atoms with Gasteiger partial charge in [0, 0.05) is 0 Å². The first kappa shape index (κ1) is 10.4. The van der Waals surface area contributed by atoms with Crippen LogP contribution in [-0.4, -0.2) is 37.9 Å². The van der Waals surface area contributed by atoms with Crippen molar-refractivity contribution in [2.45, 2.75) is 0 Å². The van der Waals surface area contributed by atoms with E-state index in [-0.39, 0.29) is 7.69 Å². The highest BCUT2D eigenvalue weighted by atomic mass is 16.4. The average molecular weight is 191 g/mol. The van der Waals surface area contributed by atoms with Crippen LogP contribution < -0.4 is 0 Å². The number of tetrazole rings is 1. The molecule has 0 aliphatic heterocycles. The number of rotatable bonds is 1. The van der Waals surface area contributed by atoms with Crippen molar-refractivity contribution in [1.29, 1.82) is 0 Å². The zero-order valence-electron chi connectivity index (χ0n) is 7.22. The van der Waals surface area contributed by atoms with Crippen LogP contribution in [-0.2, 0) is 0 Å². The Kier molecular flexibility index (Phi) is 4.32. The molecule has 0 saturated heterocycles. The number of nitrogens with zero attached hydrogens (tertiary/aromatic N) is 4. The maximum absolute atomic E-state index is 7.00. The van der Waals surface area contributed by atoms with Gasteiger partial charge in [-0.15, -0.1) is 5.10 Å². The molecule has 0 aliphatic rings. The fourth-order valence-corrected chi connectivity index (χ4v) is 0.860. The molecule has 0 saturated carbocycles. The monoisotopic (exact) mass is 191 g/mol. The molecule has 2 aromatic rings. The van der Waals surface area contributed by atoms with Gasteiger partial charge in [-0.3, -0.25) is 0 Å². The van der Waals surface area contributed by atoms with Gasteiger partial charge in [-0.2, -0.15) is 0 Å². The highest BCUT2D eigenvalue weighted by Crippen LogP contribution is 2.01. The van der Waals surface area contributed by atoms with E-state index in [1.54, 1.807) is 11.0 Å². The molecular formula is C7H8BN4O2. The van der Waals surface area contributed by atoms with Crippen LogP contribution in [0.25, 0.3) is 5.69 Å². The second-order valence-corrected chi connectivity index (χ2v) is 2.21. The van der Waals surface area contributed by atoms with Gasteiger partial charge in [0.1, 0.15) is 6.33 Å². The summed E-state index contributed by atoms with van der Waals surface area (Å²) in [7, 11) is 0. The normalized spacial score (nSPS) is 8.71. The minimum atomic E-state index is 0. The van der Waals surface area contributed by atoms with Crippen molar-refractivity contribution in [2.75, 3.05) is 0 Å². The van der Waals surface area contributed by atoms with Gasteiger partial charge in [-0.25, -0.2) is 4.68 Å². The van der Waals surface area contributed by atoms with E-state index in [4.69, 9.17) is 10.0 Å². The third-order valence-electron chi connectivity index (χ3n) is 1.37. The van der Waals surface area contributed by atoms with Crippen LogP contribution in [0.15, 0.2) is 36.7 Å². The predicted molar refractivity (Wildman–Crippen MR) is 49.3 cm³/mol. The minimum Gasteiger partial charge on any atom is -0.429 e. The molecule has 0 bridgehead atoms. The van der Waals surface area contributed by atoms with Crippen LogP contribution in [0.3, 0.4) is 0 Å². The Hall–Kier alpha value is -1.73. The Bertz CT molecular complexity index is 340. The predicted octanol–water partition coefficient (Wildman–Crippen LogP) is -0.833. The van der Waals surface area contributed by atoms with Crippen LogP contribution in [0.1, 0.15) is 0 Å². The van der Waals surface area contributed by atoms with E-state index in [2.05, 4.69) is 15.5 Å². The van der Waals surface area contributed by atoms with E-state index in [0.29, 0.717) is 0 Å². The maximum Gasteiger partial charge on any atom is 0.482 e. The lowest BCUT2D eigenvalue weighted by Gasteiger charge is -1.94. The Morgan fingerprint density at radius 3 is 2.29 bits per heavy atom. The van der Waals surface area contributed by atoms with Crippen LogP contribution in [0.4, 0.5) is 0 Å². The van der Waals surface area contributed by atoms with E-state index in [0.717, 1.165) is 5.69 Å². The molecule has 0 aliphatic carbocycles. The van der Waals surface area contributed by atoms with Gasteiger partial charge in [-0.1, -0.05) is 18.2 Å². The van der Waals surface area contributed by atoms with Gasteiger partial charge in [0.25, 0.3) is 0 Å². The molecule has 14 heavy (non-hydrogen) atoms. The lowest BCUT2D eigenvalue weighted by molar-refractivity contribution is 0.448. The summed E-state index contributed by atoms with van der Waals surface area (Å²) in [5.74, 6) is 0. The fourth-order valence-electron chi connectivity index (χ4n) is 0.860. The number of benzene rings is 1. The largest absolute Gasteiger partial charge is 0.482 e. The summed E-state index contributed by atoms with van der Waals surface area (Å²) >= 11 is 0. The maximum atomic E-state index is 7.00. The summed E-state index contributed by atoms with van der Waals surface area (Å²) in [4.78, 5) is 0. The zero-order chi connectivity index (χ0) is 10.2. The third kappa shape index (κ3) is 2.96.